The molecular formula is C20H29N3O3. The van der Waals surface area contributed by atoms with Gasteiger partial charge in [-0.2, -0.15) is 0 Å². The molecule has 1 N–H and O–H groups in total. The molecule has 6 nitrogen and oxygen atoms in total. The highest BCUT2D eigenvalue weighted by molar-refractivity contribution is 5.81. The van der Waals surface area contributed by atoms with Crippen LogP contribution in [-0.4, -0.2) is 74.3 Å². The lowest BCUT2D eigenvalue weighted by Gasteiger charge is -2.55. The number of amides is 1. The minimum absolute atomic E-state index is 0.0786. The average molecular weight is 359 g/mol. The smallest absolute Gasteiger partial charge is 0.239 e. The normalized spacial score (nSPS) is 25.7. The number of morpholine rings is 1. The molecule has 6 heteroatoms. The van der Waals surface area contributed by atoms with Crippen LogP contribution in [0, 0.1) is 5.92 Å². The largest absolute Gasteiger partial charge is 0.497 e. The summed E-state index contributed by atoms with van der Waals surface area (Å²) in [4.78, 5) is 17.0. The summed E-state index contributed by atoms with van der Waals surface area (Å²) in [5.74, 6) is 1.74. The number of rotatable bonds is 6. The topological polar surface area (TPSA) is 54.0 Å². The number of nitrogens with zero attached hydrogens (tertiary/aromatic N) is 2. The zero-order valence-electron chi connectivity index (χ0n) is 15.7. The van der Waals surface area contributed by atoms with Gasteiger partial charge in [-0.3, -0.25) is 14.6 Å². The molecule has 1 amide bonds. The number of benzene rings is 1. The van der Waals surface area contributed by atoms with E-state index >= 15 is 0 Å². The third kappa shape index (κ3) is 3.72. The van der Waals surface area contributed by atoms with Gasteiger partial charge in [0.25, 0.3) is 0 Å². The fourth-order valence-corrected chi connectivity index (χ4v) is 4.18. The summed E-state index contributed by atoms with van der Waals surface area (Å²) >= 11 is 0. The van der Waals surface area contributed by atoms with E-state index in [0.29, 0.717) is 6.61 Å². The maximum atomic E-state index is 12.2. The van der Waals surface area contributed by atoms with E-state index in [4.69, 9.17) is 9.47 Å². The van der Waals surface area contributed by atoms with Gasteiger partial charge in [0.05, 0.1) is 13.7 Å². The number of hydrogen-bond acceptors (Lipinski definition) is 5. The molecule has 1 atom stereocenters. The van der Waals surface area contributed by atoms with E-state index in [1.807, 2.05) is 12.1 Å². The van der Waals surface area contributed by atoms with Crippen molar-refractivity contribution in [3.63, 3.8) is 0 Å². The van der Waals surface area contributed by atoms with Gasteiger partial charge in [0.15, 0.2) is 0 Å². The zero-order chi connectivity index (χ0) is 18.1. The van der Waals surface area contributed by atoms with Gasteiger partial charge < -0.3 is 14.8 Å². The minimum Gasteiger partial charge on any atom is -0.497 e. The Bertz CT molecular complexity index is 638. The third-order valence-corrected chi connectivity index (χ3v) is 5.81. The Morgan fingerprint density at radius 3 is 2.62 bits per heavy atom. The van der Waals surface area contributed by atoms with Crippen LogP contribution in [-0.2, 0) is 16.1 Å². The van der Waals surface area contributed by atoms with Gasteiger partial charge in [-0.25, -0.2) is 0 Å². The highest BCUT2D eigenvalue weighted by Gasteiger charge is 2.50. The highest BCUT2D eigenvalue weighted by Crippen LogP contribution is 2.36. The summed E-state index contributed by atoms with van der Waals surface area (Å²) < 4.78 is 11.4. The van der Waals surface area contributed by atoms with Gasteiger partial charge in [0.1, 0.15) is 17.4 Å². The number of likely N-dealkylation sites (N-methyl/N-ethyl adjacent to an activating group) is 1. The second kappa shape index (κ2) is 7.18. The van der Waals surface area contributed by atoms with Crippen molar-refractivity contribution < 1.29 is 14.3 Å². The molecule has 3 aliphatic rings. The predicted molar refractivity (Wildman–Crippen MR) is 99.1 cm³/mol. The molecule has 1 spiro atoms. The molecule has 1 saturated carbocycles. The van der Waals surface area contributed by atoms with Gasteiger partial charge >= 0.3 is 0 Å². The standard InChI is InChI=1S/C20H29N3O3/c1-21-19(24)18-11-26-20(14-23(18)10-16-3-4-16)12-22(13-20)9-15-5-7-17(25-2)8-6-15/h5-8,16,18H,3-4,9-14H2,1-2H3,(H,21,24)/t18-/m0/s1. The lowest BCUT2D eigenvalue weighted by atomic mass is 9.89. The first-order valence-electron chi connectivity index (χ1n) is 9.56. The van der Waals surface area contributed by atoms with E-state index in [2.05, 4.69) is 27.2 Å². The van der Waals surface area contributed by atoms with Gasteiger partial charge in [0, 0.05) is 39.8 Å². The van der Waals surface area contributed by atoms with Crippen LogP contribution in [0.25, 0.3) is 0 Å². The van der Waals surface area contributed by atoms with Crippen molar-refractivity contribution in [3.8, 4) is 5.75 Å². The van der Waals surface area contributed by atoms with Crippen LogP contribution < -0.4 is 10.1 Å². The SMILES string of the molecule is CNC(=O)[C@@H]1COC2(CN(Cc3ccc(OC)cc3)C2)CN1CC1CC1. The number of hydrogen-bond donors (Lipinski definition) is 1. The van der Waals surface area contributed by atoms with Gasteiger partial charge in [0.2, 0.25) is 5.91 Å². The summed E-state index contributed by atoms with van der Waals surface area (Å²) in [5.41, 5.74) is 1.18. The maximum Gasteiger partial charge on any atom is 0.239 e. The van der Waals surface area contributed by atoms with Crippen molar-refractivity contribution in [2.24, 2.45) is 5.92 Å². The molecule has 142 valence electrons. The first-order valence-corrected chi connectivity index (χ1v) is 9.56. The van der Waals surface area contributed by atoms with Crippen LogP contribution in [0.4, 0.5) is 0 Å². The molecule has 3 fully saturated rings. The van der Waals surface area contributed by atoms with Crippen LogP contribution >= 0.6 is 0 Å². The Morgan fingerprint density at radius 1 is 1.27 bits per heavy atom. The molecule has 0 radical (unpaired) electrons. The van der Waals surface area contributed by atoms with Crippen LogP contribution in [0.3, 0.4) is 0 Å². The monoisotopic (exact) mass is 359 g/mol. The summed E-state index contributed by atoms with van der Waals surface area (Å²) in [6.07, 6.45) is 2.60. The van der Waals surface area contributed by atoms with Gasteiger partial charge in [-0.05, 0) is 36.5 Å². The Balaban J connectivity index is 1.34. The van der Waals surface area contributed by atoms with Crippen LogP contribution in [0.2, 0.25) is 0 Å². The van der Waals surface area contributed by atoms with Crippen molar-refractivity contribution in [3.05, 3.63) is 29.8 Å². The van der Waals surface area contributed by atoms with Crippen LogP contribution in [0.15, 0.2) is 24.3 Å². The molecule has 0 unspecified atom stereocenters. The fraction of sp³-hybridized carbons (Fsp3) is 0.650. The number of carbonyl (C=O) groups is 1. The van der Waals surface area contributed by atoms with E-state index < -0.39 is 0 Å². The van der Waals surface area contributed by atoms with E-state index in [9.17, 15) is 4.79 Å². The molecule has 2 heterocycles. The zero-order valence-corrected chi connectivity index (χ0v) is 15.7. The number of ether oxygens (including phenoxy) is 2. The molecule has 4 rings (SSSR count). The predicted octanol–water partition coefficient (Wildman–Crippen LogP) is 1.11. The highest BCUT2D eigenvalue weighted by atomic mass is 16.5. The van der Waals surface area contributed by atoms with Crippen LogP contribution in [0.1, 0.15) is 18.4 Å². The van der Waals surface area contributed by atoms with Crippen molar-refractivity contribution in [1.82, 2.24) is 15.1 Å². The number of likely N-dealkylation sites (tertiary alicyclic amines) is 1. The maximum absolute atomic E-state index is 12.2. The molecular weight excluding hydrogens is 330 g/mol. The quantitative estimate of drug-likeness (QED) is 0.825. The van der Waals surface area contributed by atoms with Gasteiger partial charge in [-0.1, -0.05) is 12.1 Å². The first kappa shape index (κ1) is 17.8. The minimum atomic E-state index is -0.137. The molecule has 0 bridgehead atoms. The Kier molecular flexibility index (Phi) is 4.90. The molecule has 1 aliphatic carbocycles. The number of methoxy groups -OCH3 is 1. The molecule has 1 aromatic carbocycles. The molecule has 1 aromatic rings. The molecule has 2 saturated heterocycles. The summed E-state index contributed by atoms with van der Waals surface area (Å²) in [7, 11) is 3.40. The number of carbonyl (C=O) groups excluding carboxylic acids is 1. The Labute approximate surface area is 155 Å². The third-order valence-electron chi connectivity index (χ3n) is 5.81. The van der Waals surface area contributed by atoms with Crippen molar-refractivity contribution >= 4 is 5.91 Å². The van der Waals surface area contributed by atoms with Crippen molar-refractivity contribution in [1.29, 1.82) is 0 Å². The molecule has 26 heavy (non-hydrogen) atoms. The van der Waals surface area contributed by atoms with E-state index in [1.54, 1.807) is 14.2 Å². The van der Waals surface area contributed by atoms with E-state index in [0.717, 1.165) is 44.4 Å². The van der Waals surface area contributed by atoms with E-state index in [1.165, 1.54) is 18.4 Å². The second-order valence-corrected chi connectivity index (χ2v) is 7.99. The summed E-state index contributed by atoms with van der Waals surface area (Å²) in [6, 6.07) is 8.11. The van der Waals surface area contributed by atoms with Gasteiger partial charge in [-0.15, -0.1) is 0 Å². The Hall–Kier alpha value is -1.63. The lowest BCUT2D eigenvalue weighted by Crippen LogP contribution is -2.72. The van der Waals surface area contributed by atoms with E-state index in [-0.39, 0.29) is 17.6 Å². The average Bonchev–Trinajstić information content (AvgIpc) is 3.45. The first-order chi connectivity index (χ1) is 12.6. The molecule has 2 aliphatic heterocycles. The van der Waals surface area contributed by atoms with Crippen molar-refractivity contribution in [2.75, 3.05) is 46.9 Å². The molecule has 0 aromatic heterocycles. The summed E-state index contributed by atoms with van der Waals surface area (Å²) in [5, 5.41) is 2.79. The summed E-state index contributed by atoms with van der Waals surface area (Å²) in [6.45, 7) is 5.18. The lowest BCUT2D eigenvalue weighted by molar-refractivity contribution is -0.203. The number of nitrogens with one attached hydrogen (secondary N) is 1. The fourth-order valence-electron chi connectivity index (χ4n) is 4.18. The second-order valence-electron chi connectivity index (χ2n) is 7.99. The Morgan fingerprint density at radius 2 is 2.00 bits per heavy atom. The van der Waals surface area contributed by atoms with Crippen LogP contribution in [0.5, 0.6) is 5.75 Å². The van der Waals surface area contributed by atoms with Crippen molar-refractivity contribution in [2.45, 2.75) is 31.0 Å².